The highest BCUT2D eigenvalue weighted by molar-refractivity contribution is 6.10. The number of rotatable bonds is 7. The summed E-state index contributed by atoms with van der Waals surface area (Å²) in [4.78, 5) is 2.40. The van der Waals surface area contributed by atoms with E-state index in [1.54, 1.807) is 0 Å². The molecule has 4 nitrogen and oxygen atoms in total. The zero-order valence-electron chi connectivity index (χ0n) is 32.6. The quantitative estimate of drug-likeness (QED) is 0.165. The van der Waals surface area contributed by atoms with E-state index in [4.69, 9.17) is 5.73 Å². The first-order valence-corrected chi connectivity index (χ1v) is 20.6. The lowest BCUT2D eigenvalue weighted by atomic mass is 9.93. The van der Waals surface area contributed by atoms with E-state index in [0.29, 0.717) is 0 Å². The largest absolute Gasteiger partial charge is 0.397 e. The minimum absolute atomic E-state index is 0.0814. The number of nitrogens with two attached hydrogens (primary N) is 1. The Balaban J connectivity index is 0.952. The minimum atomic E-state index is 0.0814. The van der Waals surface area contributed by atoms with Crippen LogP contribution in [-0.2, 0) is 12.8 Å². The lowest BCUT2D eigenvalue weighted by Crippen LogP contribution is -2.23. The van der Waals surface area contributed by atoms with Gasteiger partial charge in [-0.15, -0.1) is 0 Å². The second-order valence-corrected chi connectivity index (χ2v) is 15.8. The van der Waals surface area contributed by atoms with E-state index in [0.717, 1.165) is 48.4 Å². The molecule has 2 N–H and O–H groups in total. The van der Waals surface area contributed by atoms with Gasteiger partial charge in [-0.3, -0.25) is 0 Å². The fourth-order valence-corrected chi connectivity index (χ4v) is 9.67. The zero-order chi connectivity index (χ0) is 38.7. The van der Waals surface area contributed by atoms with Gasteiger partial charge in [0.05, 0.1) is 34.0 Å². The highest BCUT2D eigenvalue weighted by Gasteiger charge is 2.24. The van der Waals surface area contributed by atoms with Crippen LogP contribution >= 0.6 is 0 Å². The summed E-state index contributed by atoms with van der Waals surface area (Å²) < 4.78 is 4.86. The van der Waals surface area contributed by atoms with E-state index in [1.165, 1.54) is 77.5 Å². The van der Waals surface area contributed by atoms with Gasteiger partial charge in [-0.1, -0.05) is 115 Å². The number of nitrogen functional groups attached to an aromatic ring is 1. The predicted molar refractivity (Wildman–Crippen MR) is 246 cm³/mol. The van der Waals surface area contributed by atoms with Crippen LogP contribution in [0.4, 0.5) is 17.1 Å². The van der Waals surface area contributed by atoms with E-state index in [1.807, 2.05) is 0 Å². The Morgan fingerprint density at radius 3 is 1.93 bits per heavy atom. The number of benzene rings is 7. The third-order valence-electron chi connectivity index (χ3n) is 12.5. The normalized spacial score (nSPS) is 13.9. The van der Waals surface area contributed by atoms with Crippen LogP contribution in [0.25, 0.3) is 67.4 Å². The lowest BCUT2D eigenvalue weighted by Gasteiger charge is -2.34. The number of hydrogen-bond donors (Lipinski definition) is 1. The number of allylic oxidation sites excluding steroid dienone is 2. The van der Waals surface area contributed by atoms with Gasteiger partial charge >= 0.3 is 0 Å². The number of para-hydroxylation sites is 2. The first-order valence-electron chi connectivity index (χ1n) is 20.6. The molecule has 1 atom stereocenters. The molecule has 11 rings (SSSR count). The molecule has 2 aromatic heterocycles. The SMILES string of the molecule is CC(c1ccccc1)N(c1ccc(-c2ccc(-n3c4ccccc4c4cc(-n5c6c(c7ccccc75)CCC=C6)ccc43)cc2)cc1)c1ccc2c(c1N)CCC=C2. The first kappa shape index (κ1) is 34.2. The second kappa shape index (κ2) is 13.9. The van der Waals surface area contributed by atoms with Crippen LogP contribution in [0.5, 0.6) is 0 Å². The van der Waals surface area contributed by atoms with Gasteiger partial charge < -0.3 is 19.8 Å². The first-order chi connectivity index (χ1) is 28.6. The van der Waals surface area contributed by atoms with Crippen LogP contribution in [0.3, 0.4) is 0 Å². The molecule has 0 saturated heterocycles. The Kier molecular flexibility index (Phi) is 8.18. The van der Waals surface area contributed by atoms with Gasteiger partial charge in [-0.2, -0.15) is 0 Å². The maximum atomic E-state index is 7.00. The van der Waals surface area contributed by atoms with Crippen molar-refractivity contribution in [1.82, 2.24) is 9.13 Å². The van der Waals surface area contributed by atoms with Crippen molar-refractivity contribution in [2.45, 2.75) is 38.6 Å². The van der Waals surface area contributed by atoms with E-state index in [-0.39, 0.29) is 6.04 Å². The zero-order valence-corrected chi connectivity index (χ0v) is 32.6. The van der Waals surface area contributed by atoms with Crippen molar-refractivity contribution in [2.75, 3.05) is 10.6 Å². The van der Waals surface area contributed by atoms with Gasteiger partial charge in [0.25, 0.3) is 0 Å². The molecule has 0 bridgehead atoms. The molecule has 280 valence electrons. The Morgan fingerprint density at radius 2 is 1.16 bits per heavy atom. The van der Waals surface area contributed by atoms with Crippen molar-refractivity contribution in [3.63, 3.8) is 0 Å². The molecular weight excluding hydrogens is 705 g/mol. The number of hydrogen-bond acceptors (Lipinski definition) is 2. The monoisotopic (exact) mass is 748 g/mol. The molecule has 0 saturated carbocycles. The molecule has 0 spiro atoms. The summed E-state index contributed by atoms with van der Waals surface area (Å²) in [5.74, 6) is 0. The van der Waals surface area contributed by atoms with E-state index in [9.17, 15) is 0 Å². The molecule has 58 heavy (non-hydrogen) atoms. The maximum Gasteiger partial charge on any atom is 0.0653 e. The summed E-state index contributed by atoms with van der Waals surface area (Å²) in [6, 6.07) is 57.8. The summed E-state index contributed by atoms with van der Waals surface area (Å²) >= 11 is 0. The van der Waals surface area contributed by atoms with Crippen molar-refractivity contribution in [3.05, 3.63) is 198 Å². The van der Waals surface area contributed by atoms with E-state index < -0.39 is 0 Å². The van der Waals surface area contributed by atoms with E-state index in [2.05, 4.69) is 203 Å². The number of aryl methyl sites for hydroxylation is 1. The molecule has 2 heterocycles. The third kappa shape index (κ3) is 5.51. The van der Waals surface area contributed by atoms with Crippen LogP contribution in [0.15, 0.2) is 170 Å². The second-order valence-electron chi connectivity index (χ2n) is 15.8. The Labute approximate surface area is 339 Å². The number of anilines is 3. The maximum absolute atomic E-state index is 7.00. The average molecular weight is 749 g/mol. The molecule has 0 radical (unpaired) electrons. The highest BCUT2D eigenvalue weighted by Crippen LogP contribution is 2.43. The summed E-state index contributed by atoms with van der Waals surface area (Å²) in [6.07, 6.45) is 13.2. The average Bonchev–Trinajstić information content (AvgIpc) is 3.80. The fourth-order valence-electron chi connectivity index (χ4n) is 9.67. The number of aromatic nitrogens is 2. The molecule has 0 aliphatic heterocycles. The smallest absolute Gasteiger partial charge is 0.0653 e. The summed E-state index contributed by atoms with van der Waals surface area (Å²) in [7, 11) is 0. The highest BCUT2D eigenvalue weighted by atomic mass is 15.2. The molecule has 2 aliphatic carbocycles. The van der Waals surface area contributed by atoms with Crippen molar-refractivity contribution in [1.29, 1.82) is 0 Å². The van der Waals surface area contributed by atoms with Crippen molar-refractivity contribution in [2.24, 2.45) is 0 Å². The van der Waals surface area contributed by atoms with Crippen LogP contribution in [-0.4, -0.2) is 9.13 Å². The van der Waals surface area contributed by atoms with Crippen LogP contribution in [0.1, 0.15) is 53.8 Å². The summed E-state index contributed by atoms with van der Waals surface area (Å²) in [5, 5.41) is 3.87. The Hall–Kier alpha value is -7.04. The third-order valence-corrected chi connectivity index (χ3v) is 12.5. The van der Waals surface area contributed by atoms with Crippen LogP contribution in [0, 0.1) is 0 Å². The molecule has 9 aromatic rings. The van der Waals surface area contributed by atoms with Gasteiger partial charge in [0.1, 0.15) is 0 Å². The summed E-state index contributed by atoms with van der Waals surface area (Å²) in [6.45, 7) is 2.27. The molecule has 7 aromatic carbocycles. The van der Waals surface area contributed by atoms with Gasteiger partial charge in [-0.05, 0) is 133 Å². The minimum Gasteiger partial charge on any atom is -0.397 e. The van der Waals surface area contributed by atoms with Gasteiger partial charge in [0.15, 0.2) is 0 Å². The van der Waals surface area contributed by atoms with Crippen molar-refractivity contribution < 1.29 is 0 Å². The van der Waals surface area contributed by atoms with Gasteiger partial charge in [-0.25, -0.2) is 0 Å². The lowest BCUT2D eigenvalue weighted by molar-refractivity contribution is 0.774. The van der Waals surface area contributed by atoms with Crippen LogP contribution < -0.4 is 10.6 Å². The molecule has 1 unspecified atom stereocenters. The topological polar surface area (TPSA) is 39.1 Å². The Morgan fingerprint density at radius 1 is 0.534 bits per heavy atom. The van der Waals surface area contributed by atoms with Gasteiger partial charge in [0.2, 0.25) is 0 Å². The molecular formula is C54H44N4. The van der Waals surface area contributed by atoms with Crippen molar-refractivity contribution in [3.8, 4) is 22.5 Å². The fraction of sp³-hybridized carbons (Fsp3) is 0.111. The molecule has 4 heteroatoms. The Bertz CT molecular complexity index is 3070. The number of fused-ring (bicyclic) bond motifs is 7. The standard InChI is InChI=1S/C54H44N4/c1-36(37-13-3-2-4-14-37)56(53-33-27-40-15-5-6-16-44(40)54(53)55)41-28-23-38(24-29-41)39-25-30-42(31-26-39)57-51-22-12-9-19-47(51)48-35-43(32-34-52(48)57)58-49-20-10-7-17-45(49)46-18-8-11-21-50(46)58/h2-5,7,9-15,17,19-36H,6,8,16,18,55H2,1H3. The van der Waals surface area contributed by atoms with E-state index >= 15 is 0 Å². The molecule has 0 fully saturated rings. The summed E-state index contributed by atoms with van der Waals surface area (Å²) in [5.41, 5.74) is 24.9. The number of nitrogens with zero attached hydrogens (tertiary/aromatic N) is 3. The van der Waals surface area contributed by atoms with Crippen LogP contribution in [0.2, 0.25) is 0 Å². The molecule has 2 aliphatic rings. The van der Waals surface area contributed by atoms with Gasteiger partial charge in [0, 0.05) is 38.9 Å². The van der Waals surface area contributed by atoms with Crippen molar-refractivity contribution >= 4 is 61.9 Å². The molecule has 0 amide bonds. The predicted octanol–water partition coefficient (Wildman–Crippen LogP) is 13.8.